The van der Waals surface area contributed by atoms with Gasteiger partial charge in [0.1, 0.15) is 6.04 Å². The van der Waals surface area contributed by atoms with Crippen molar-refractivity contribution in [2.24, 2.45) is 5.73 Å². The Bertz CT molecular complexity index is 711. The fourth-order valence-electron chi connectivity index (χ4n) is 2.75. The smallest absolute Gasteiger partial charge is 0.315 e. The lowest BCUT2D eigenvalue weighted by Crippen LogP contribution is -2.39. The number of nitrogens with two attached hydrogens (primary N) is 1. The summed E-state index contributed by atoms with van der Waals surface area (Å²) >= 11 is 0. The van der Waals surface area contributed by atoms with Gasteiger partial charge in [-0.1, -0.05) is 11.2 Å². The first-order chi connectivity index (χ1) is 11.6. The first-order valence-corrected chi connectivity index (χ1v) is 7.69. The van der Waals surface area contributed by atoms with E-state index >= 15 is 0 Å². The Balaban J connectivity index is 1.70. The Kier molecular flexibility index (Phi) is 4.80. The molecule has 2 aromatic rings. The monoisotopic (exact) mass is 330 g/mol. The SMILES string of the molecule is NC(=O)c1nc(CNC(=O)C(c2cccnc2)N2CCCC2)no1. The van der Waals surface area contributed by atoms with E-state index in [-0.39, 0.29) is 24.2 Å². The fraction of sp³-hybridized carbons (Fsp3) is 0.400. The molecule has 3 rings (SSSR count). The number of pyridine rings is 1. The van der Waals surface area contributed by atoms with E-state index in [9.17, 15) is 9.59 Å². The minimum atomic E-state index is -0.801. The van der Waals surface area contributed by atoms with Crippen molar-refractivity contribution in [3.05, 3.63) is 41.8 Å². The summed E-state index contributed by atoms with van der Waals surface area (Å²) in [7, 11) is 0. The molecule has 2 aromatic heterocycles. The summed E-state index contributed by atoms with van der Waals surface area (Å²) in [6, 6.07) is 3.28. The summed E-state index contributed by atoms with van der Waals surface area (Å²) in [6.07, 6.45) is 5.50. The van der Waals surface area contributed by atoms with Gasteiger partial charge in [-0.3, -0.25) is 19.5 Å². The highest BCUT2D eigenvalue weighted by atomic mass is 16.5. The molecule has 2 amide bonds. The summed E-state index contributed by atoms with van der Waals surface area (Å²) in [6.45, 7) is 1.78. The van der Waals surface area contributed by atoms with Crippen molar-refractivity contribution in [1.29, 1.82) is 0 Å². The number of likely N-dealkylation sites (tertiary alicyclic amines) is 1. The Labute approximate surface area is 138 Å². The molecule has 1 saturated heterocycles. The highest BCUT2D eigenvalue weighted by molar-refractivity contribution is 5.87. The van der Waals surface area contributed by atoms with Gasteiger partial charge in [-0.25, -0.2) is 0 Å². The summed E-state index contributed by atoms with van der Waals surface area (Å²) in [4.78, 5) is 33.7. The van der Waals surface area contributed by atoms with Crippen LogP contribution in [0, 0.1) is 0 Å². The Morgan fingerprint density at radius 3 is 2.79 bits per heavy atom. The van der Waals surface area contributed by atoms with Gasteiger partial charge in [0.2, 0.25) is 5.91 Å². The molecule has 24 heavy (non-hydrogen) atoms. The summed E-state index contributed by atoms with van der Waals surface area (Å²) < 4.78 is 4.70. The van der Waals surface area contributed by atoms with Crippen molar-refractivity contribution < 1.29 is 14.1 Å². The number of hydrogen-bond acceptors (Lipinski definition) is 7. The molecule has 1 aliphatic heterocycles. The summed E-state index contributed by atoms with van der Waals surface area (Å²) in [5.41, 5.74) is 5.89. The second kappa shape index (κ2) is 7.18. The molecule has 3 heterocycles. The largest absolute Gasteiger partial charge is 0.361 e. The number of nitrogens with one attached hydrogen (secondary N) is 1. The van der Waals surface area contributed by atoms with Gasteiger partial charge in [-0.15, -0.1) is 0 Å². The highest BCUT2D eigenvalue weighted by Crippen LogP contribution is 2.24. The standard InChI is InChI=1S/C15H18N6O3/c16-13(22)15-19-11(20-24-15)9-18-14(23)12(21-6-1-2-7-21)10-4-3-5-17-8-10/h3-5,8,12H,1-2,6-7,9H2,(H2,16,22)(H,18,23). The van der Waals surface area contributed by atoms with Crippen molar-refractivity contribution in [1.82, 2.24) is 25.3 Å². The third-order valence-electron chi connectivity index (χ3n) is 3.85. The number of amides is 2. The lowest BCUT2D eigenvalue weighted by Gasteiger charge is -2.26. The number of hydrogen-bond donors (Lipinski definition) is 2. The van der Waals surface area contributed by atoms with Crippen molar-refractivity contribution in [2.75, 3.05) is 13.1 Å². The van der Waals surface area contributed by atoms with Crippen molar-refractivity contribution in [3.8, 4) is 0 Å². The second-order valence-corrected chi connectivity index (χ2v) is 5.53. The number of nitrogens with zero attached hydrogens (tertiary/aromatic N) is 4. The van der Waals surface area contributed by atoms with E-state index in [1.165, 1.54) is 0 Å². The molecule has 9 nitrogen and oxygen atoms in total. The van der Waals surface area contributed by atoms with Gasteiger partial charge in [0.05, 0.1) is 6.54 Å². The summed E-state index contributed by atoms with van der Waals surface area (Å²) in [5.74, 6) is -1.05. The number of carbonyl (C=O) groups is 2. The van der Waals surface area contributed by atoms with Gasteiger partial charge in [0, 0.05) is 12.4 Å². The third-order valence-corrected chi connectivity index (χ3v) is 3.85. The molecule has 0 aromatic carbocycles. The Hall–Kier alpha value is -2.81. The van der Waals surface area contributed by atoms with E-state index < -0.39 is 11.9 Å². The molecular weight excluding hydrogens is 312 g/mol. The fourth-order valence-corrected chi connectivity index (χ4v) is 2.75. The maximum atomic E-state index is 12.7. The third kappa shape index (κ3) is 3.57. The van der Waals surface area contributed by atoms with Crippen LogP contribution >= 0.6 is 0 Å². The molecule has 3 N–H and O–H groups in total. The average molecular weight is 330 g/mol. The highest BCUT2D eigenvalue weighted by Gasteiger charge is 2.30. The van der Waals surface area contributed by atoms with Gasteiger partial charge in [-0.2, -0.15) is 4.98 Å². The Morgan fingerprint density at radius 2 is 2.17 bits per heavy atom. The van der Waals surface area contributed by atoms with E-state index in [4.69, 9.17) is 10.3 Å². The van der Waals surface area contributed by atoms with Crippen molar-refractivity contribution in [3.63, 3.8) is 0 Å². The van der Waals surface area contributed by atoms with E-state index in [0.29, 0.717) is 0 Å². The number of carbonyl (C=O) groups excluding carboxylic acids is 2. The molecule has 0 saturated carbocycles. The van der Waals surface area contributed by atoms with E-state index in [0.717, 1.165) is 31.5 Å². The number of aromatic nitrogens is 3. The van der Waals surface area contributed by atoms with Gasteiger partial charge < -0.3 is 15.6 Å². The molecule has 1 aliphatic rings. The molecule has 1 atom stereocenters. The predicted molar refractivity (Wildman–Crippen MR) is 82.4 cm³/mol. The first kappa shape index (κ1) is 16.1. The normalized spacial score (nSPS) is 16.0. The molecular formula is C15H18N6O3. The zero-order chi connectivity index (χ0) is 16.9. The maximum Gasteiger partial charge on any atom is 0.315 e. The van der Waals surface area contributed by atoms with Crippen LogP contribution in [0.2, 0.25) is 0 Å². The lowest BCUT2D eigenvalue weighted by molar-refractivity contribution is -0.126. The van der Waals surface area contributed by atoms with Gasteiger partial charge >= 0.3 is 11.8 Å². The van der Waals surface area contributed by atoms with Gasteiger partial charge in [-0.05, 0) is 37.6 Å². The first-order valence-electron chi connectivity index (χ1n) is 7.69. The second-order valence-electron chi connectivity index (χ2n) is 5.53. The lowest BCUT2D eigenvalue weighted by atomic mass is 10.1. The minimum Gasteiger partial charge on any atom is -0.361 e. The van der Waals surface area contributed by atoms with Crippen molar-refractivity contribution in [2.45, 2.75) is 25.4 Å². The molecule has 1 unspecified atom stereocenters. The van der Waals surface area contributed by atoms with Crippen LogP contribution in [0.3, 0.4) is 0 Å². The molecule has 0 spiro atoms. The van der Waals surface area contributed by atoms with Crippen LogP contribution in [0.1, 0.15) is 41.0 Å². The molecule has 1 fully saturated rings. The predicted octanol–water partition coefficient (Wildman–Crippen LogP) is 0.0168. The zero-order valence-corrected chi connectivity index (χ0v) is 13.0. The van der Waals surface area contributed by atoms with Crippen LogP contribution in [0.5, 0.6) is 0 Å². The molecule has 126 valence electrons. The van der Waals surface area contributed by atoms with Crippen LogP contribution in [0.15, 0.2) is 29.0 Å². The Morgan fingerprint density at radius 1 is 1.38 bits per heavy atom. The van der Waals surface area contributed by atoms with Gasteiger partial charge in [0.25, 0.3) is 0 Å². The van der Waals surface area contributed by atoms with Gasteiger partial charge in [0.15, 0.2) is 5.82 Å². The van der Waals surface area contributed by atoms with Crippen LogP contribution in [0.25, 0.3) is 0 Å². The molecule has 0 radical (unpaired) electrons. The molecule has 9 heteroatoms. The quantitative estimate of drug-likeness (QED) is 0.764. The number of rotatable bonds is 6. The minimum absolute atomic E-state index is 0.0558. The van der Waals surface area contributed by atoms with E-state index in [1.54, 1.807) is 12.4 Å². The van der Waals surface area contributed by atoms with Crippen LogP contribution in [0.4, 0.5) is 0 Å². The topological polar surface area (TPSA) is 127 Å². The average Bonchev–Trinajstić information content (AvgIpc) is 3.26. The molecule has 0 bridgehead atoms. The molecule has 0 aliphatic carbocycles. The van der Waals surface area contributed by atoms with Crippen LogP contribution < -0.4 is 11.1 Å². The van der Waals surface area contributed by atoms with Crippen LogP contribution in [-0.2, 0) is 11.3 Å². The maximum absolute atomic E-state index is 12.7. The van der Waals surface area contributed by atoms with E-state index in [1.807, 2.05) is 12.1 Å². The summed E-state index contributed by atoms with van der Waals surface area (Å²) in [5, 5.41) is 6.39. The number of primary amides is 1. The van der Waals surface area contributed by atoms with Crippen LogP contribution in [-0.4, -0.2) is 44.9 Å². The zero-order valence-electron chi connectivity index (χ0n) is 13.0. The van der Waals surface area contributed by atoms with Crippen molar-refractivity contribution >= 4 is 11.8 Å². The van der Waals surface area contributed by atoms with E-state index in [2.05, 4.69) is 25.3 Å².